The van der Waals surface area contributed by atoms with Gasteiger partial charge in [-0.1, -0.05) is 0 Å². The molecule has 0 aromatic carbocycles. The molecule has 1 fully saturated rings. The normalized spacial score (nSPS) is 21.9. The Bertz CT molecular complexity index is 281. The lowest BCUT2D eigenvalue weighted by atomic mass is 10.1. The van der Waals surface area contributed by atoms with E-state index in [0.29, 0.717) is 6.04 Å². The van der Waals surface area contributed by atoms with Crippen molar-refractivity contribution in [3.05, 3.63) is 16.0 Å². The highest BCUT2D eigenvalue weighted by molar-refractivity contribution is 14.1. The van der Waals surface area contributed by atoms with Crippen LogP contribution in [0.5, 0.6) is 0 Å². The fourth-order valence-corrected chi connectivity index (χ4v) is 1.82. The van der Waals surface area contributed by atoms with Crippen molar-refractivity contribution < 1.29 is 0 Å². The van der Waals surface area contributed by atoms with E-state index in [1.165, 1.54) is 12.8 Å². The van der Waals surface area contributed by atoms with Crippen LogP contribution in [-0.4, -0.2) is 29.1 Å². The van der Waals surface area contributed by atoms with Crippen LogP contribution in [0.4, 0.5) is 5.95 Å². The lowest BCUT2D eigenvalue weighted by molar-refractivity contribution is 0.478. The summed E-state index contributed by atoms with van der Waals surface area (Å²) in [5.74, 6) is 0.735. The monoisotopic (exact) mass is 304 g/mol. The third kappa shape index (κ3) is 2.78. The molecule has 0 spiro atoms. The van der Waals surface area contributed by atoms with E-state index in [0.717, 1.165) is 22.6 Å². The van der Waals surface area contributed by atoms with Crippen LogP contribution in [0, 0.1) is 3.57 Å². The number of nitrogens with zero attached hydrogens (tertiary/aromatic N) is 2. The summed E-state index contributed by atoms with van der Waals surface area (Å²) in [5, 5.41) is 6.67. The average molecular weight is 304 g/mol. The SMILES string of the molecule is Ic1cnc(NC2CCCNC2)nc1. The van der Waals surface area contributed by atoms with Gasteiger partial charge in [0.1, 0.15) is 0 Å². The molecule has 0 aliphatic carbocycles. The molecular weight excluding hydrogens is 291 g/mol. The fraction of sp³-hybridized carbons (Fsp3) is 0.556. The molecule has 2 heterocycles. The van der Waals surface area contributed by atoms with Crippen molar-refractivity contribution >= 4 is 28.5 Å². The number of nitrogens with one attached hydrogen (secondary N) is 2. The zero-order chi connectivity index (χ0) is 9.80. The van der Waals surface area contributed by atoms with Crippen LogP contribution in [0.1, 0.15) is 12.8 Å². The summed E-state index contributed by atoms with van der Waals surface area (Å²) in [5.41, 5.74) is 0. The topological polar surface area (TPSA) is 49.8 Å². The lowest BCUT2D eigenvalue weighted by Gasteiger charge is -2.23. The Kier molecular flexibility index (Phi) is 3.52. The first-order chi connectivity index (χ1) is 6.84. The van der Waals surface area contributed by atoms with E-state index < -0.39 is 0 Å². The van der Waals surface area contributed by atoms with E-state index in [1.807, 2.05) is 12.4 Å². The molecule has 4 nitrogen and oxygen atoms in total. The van der Waals surface area contributed by atoms with Crippen molar-refractivity contribution in [2.45, 2.75) is 18.9 Å². The van der Waals surface area contributed by atoms with Gasteiger partial charge in [-0.15, -0.1) is 0 Å². The van der Waals surface area contributed by atoms with Gasteiger partial charge in [-0.2, -0.15) is 0 Å². The summed E-state index contributed by atoms with van der Waals surface area (Å²) in [7, 11) is 0. The summed E-state index contributed by atoms with van der Waals surface area (Å²) in [6.07, 6.45) is 6.07. The largest absolute Gasteiger partial charge is 0.350 e. The second-order valence-electron chi connectivity index (χ2n) is 3.41. The maximum atomic E-state index is 4.21. The van der Waals surface area contributed by atoms with Gasteiger partial charge in [-0.25, -0.2) is 9.97 Å². The first-order valence-electron chi connectivity index (χ1n) is 4.79. The van der Waals surface area contributed by atoms with Crippen molar-refractivity contribution in [2.24, 2.45) is 0 Å². The molecule has 14 heavy (non-hydrogen) atoms. The Hall–Kier alpha value is -0.430. The Balaban J connectivity index is 1.92. The quantitative estimate of drug-likeness (QED) is 0.807. The fourth-order valence-electron chi connectivity index (χ4n) is 1.54. The van der Waals surface area contributed by atoms with E-state index in [-0.39, 0.29) is 0 Å². The molecule has 0 amide bonds. The van der Waals surface area contributed by atoms with Gasteiger partial charge < -0.3 is 10.6 Å². The van der Waals surface area contributed by atoms with Crippen molar-refractivity contribution in [1.29, 1.82) is 0 Å². The van der Waals surface area contributed by atoms with Crippen molar-refractivity contribution in [1.82, 2.24) is 15.3 Å². The number of piperidine rings is 1. The van der Waals surface area contributed by atoms with Crippen LogP contribution in [0.3, 0.4) is 0 Å². The van der Waals surface area contributed by atoms with Crippen molar-refractivity contribution in [3.63, 3.8) is 0 Å². The summed E-state index contributed by atoms with van der Waals surface area (Å²) in [6, 6.07) is 0.476. The molecule has 1 unspecified atom stereocenters. The summed E-state index contributed by atoms with van der Waals surface area (Å²) in [6.45, 7) is 2.14. The van der Waals surface area contributed by atoms with Crippen molar-refractivity contribution in [3.8, 4) is 0 Å². The molecule has 1 aliphatic heterocycles. The van der Waals surface area contributed by atoms with E-state index >= 15 is 0 Å². The maximum absolute atomic E-state index is 4.21. The predicted molar refractivity (Wildman–Crippen MR) is 64.3 cm³/mol. The van der Waals surface area contributed by atoms with E-state index in [4.69, 9.17) is 0 Å². The Labute approximate surface area is 97.1 Å². The highest BCUT2D eigenvalue weighted by Crippen LogP contribution is 2.08. The van der Waals surface area contributed by atoms with Crippen LogP contribution in [0.15, 0.2) is 12.4 Å². The van der Waals surface area contributed by atoms with Gasteiger partial charge in [0.05, 0.1) is 0 Å². The highest BCUT2D eigenvalue weighted by Gasteiger charge is 2.12. The second-order valence-corrected chi connectivity index (χ2v) is 4.66. The Morgan fingerprint density at radius 1 is 1.43 bits per heavy atom. The first kappa shape index (κ1) is 10.1. The number of aromatic nitrogens is 2. The van der Waals surface area contributed by atoms with Gasteiger partial charge >= 0.3 is 0 Å². The zero-order valence-corrected chi connectivity index (χ0v) is 9.99. The Morgan fingerprint density at radius 2 is 2.21 bits per heavy atom. The molecule has 2 N–H and O–H groups in total. The van der Waals surface area contributed by atoms with Crippen LogP contribution in [0.2, 0.25) is 0 Å². The molecule has 5 heteroatoms. The maximum Gasteiger partial charge on any atom is 0.222 e. The van der Waals surface area contributed by atoms with Crippen molar-refractivity contribution in [2.75, 3.05) is 18.4 Å². The van der Waals surface area contributed by atoms with Crippen LogP contribution >= 0.6 is 22.6 Å². The Morgan fingerprint density at radius 3 is 2.86 bits per heavy atom. The smallest absolute Gasteiger partial charge is 0.222 e. The molecule has 2 rings (SSSR count). The minimum Gasteiger partial charge on any atom is -0.350 e. The molecular formula is C9H13IN4. The average Bonchev–Trinajstić information content (AvgIpc) is 2.23. The van der Waals surface area contributed by atoms with Gasteiger partial charge in [-0.3, -0.25) is 0 Å². The number of halogens is 1. The third-order valence-electron chi connectivity index (χ3n) is 2.25. The second kappa shape index (κ2) is 4.88. The molecule has 1 atom stereocenters. The van der Waals surface area contributed by atoms with E-state index in [1.54, 1.807) is 0 Å². The zero-order valence-electron chi connectivity index (χ0n) is 7.83. The van der Waals surface area contributed by atoms with Gasteiger partial charge in [0, 0.05) is 28.6 Å². The number of hydrogen-bond acceptors (Lipinski definition) is 4. The molecule has 1 aromatic heterocycles. The standard InChI is InChI=1S/C9H13IN4/c10-7-4-12-9(13-5-7)14-8-2-1-3-11-6-8/h4-5,8,11H,1-3,6H2,(H,12,13,14). The van der Waals surface area contributed by atoms with Crippen LogP contribution < -0.4 is 10.6 Å². The van der Waals surface area contributed by atoms with Crippen LogP contribution in [-0.2, 0) is 0 Å². The van der Waals surface area contributed by atoms with Gasteiger partial charge in [-0.05, 0) is 42.0 Å². The summed E-state index contributed by atoms with van der Waals surface area (Å²) < 4.78 is 1.06. The van der Waals surface area contributed by atoms with E-state index in [9.17, 15) is 0 Å². The van der Waals surface area contributed by atoms with Gasteiger partial charge in [0.2, 0.25) is 5.95 Å². The predicted octanol–water partition coefficient (Wildman–Crippen LogP) is 1.25. The van der Waals surface area contributed by atoms with Crippen LogP contribution in [0.25, 0.3) is 0 Å². The minimum absolute atomic E-state index is 0.476. The summed E-state index contributed by atoms with van der Waals surface area (Å²) in [4.78, 5) is 8.43. The molecule has 76 valence electrons. The minimum atomic E-state index is 0.476. The van der Waals surface area contributed by atoms with Gasteiger partial charge in [0.25, 0.3) is 0 Å². The first-order valence-corrected chi connectivity index (χ1v) is 5.87. The summed E-state index contributed by atoms with van der Waals surface area (Å²) >= 11 is 2.20. The highest BCUT2D eigenvalue weighted by atomic mass is 127. The molecule has 1 aliphatic rings. The number of anilines is 1. The molecule has 0 radical (unpaired) electrons. The molecule has 1 saturated heterocycles. The molecule has 1 aromatic rings. The van der Waals surface area contributed by atoms with Gasteiger partial charge in [0.15, 0.2) is 0 Å². The number of hydrogen-bond donors (Lipinski definition) is 2. The number of rotatable bonds is 2. The third-order valence-corrected chi connectivity index (χ3v) is 2.81. The molecule has 0 saturated carbocycles. The van der Waals surface area contributed by atoms with E-state index in [2.05, 4.69) is 43.2 Å². The molecule has 0 bridgehead atoms. The lowest BCUT2D eigenvalue weighted by Crippen LogP contribution is -2.38.